The molecule has 2 heteroatoms. The summed E-state index contributed by atoms with van der Waals surface area (Å²) in [6.07, 6.45) is 5.28. The molecule has 0 aromatic carbocycles. The van der Waals surface area contributed by atoms with Crippen LogP contribution in [0, 0.1) is 0 Å². The van der Waals surface area contributed by atoms with E-state index in [1.165, 1.54) is 31.3 Å². The van der Waals surface area contributed by atoms with Gasteiger partial charge in [-0.15, -0.1) is 0 Å². The molecule has 0 aromatic heterocycles. The van der Waals surface area contributed by atoms with E-state index in [0.717, 1.165) is 26.3 Å². The van der Waals surface area contributed by atoms with Crippen LogP contribution in [0.15, 0.2) is 12.2 Å². The normalized spacial score (nSPS) is 28.1. The maximum atomic E-state index is 5.35. The lowest BCUT2D eigenvalue weighted by atomic mass is 9.90. The Bertz CT molecular complexity index is 185. The maximum Gasteiger partial charge on any atom is 0.0594 e. The van der Waals surface area contributed by atoms with E-state index >= 15 is 0 Å². The fourth-order valence-corrected chi connectivity index (χ4v) is 2.39. The van der Waals surface area contributed by atoms with Crippen LogP contribution < -0.4 is 0 Å². The molecular weight excluding hydrogens is 186 g/mol. The first-order valence-electron chi connectivity index (χ1n) is 6.37. The summed E-state index contributed by atoms with van der Waals surface area (Å²) in [5.41, 5.74) is 1.45. The van der Waals surface area contributed by atoms with Crippen molar-refractivity contribution in [2.24, 2.45) is 0 Å². The molecule has 1 heterocycles. The standard InChI is InChI=1S/C11H19NO.C2H6/c1-10-4-2-3-5-11(10)12-6-8-13-9-7-12;1-2/h11H,1-9H2;1-2H3. The number of hydrogen-bond acceptors (Lipinski definition) is 2. The highest BCUT2D eigenvalue weighted by atomic mass is 16.5. The average Bonchev–Trinajstić information content (AvgIpc) is 2.33. The fourth-order valence-electron chi connectivity index (χ4n) is 2.39. The third kappa shape index (κ3) is 3.62. The Kier molecular flexibility index (Phi) is 5.96. The quantitative estimate of drug-likeness (QED) is 0.618. The monoisotopic (exact) mass is 211 g/mol. The molecule has 2 nitrogen and oxygen atoms in total. The van der Waals surface area contributed by atoms with Gasteiger partial charge in [0, 0.05) is 19.1 Å². The molecule has 2 fully saturated rings. The van der Waals surface area contributed by atoms with Crippen molar-refractivity contribution in [3.8, 4) is 0 Å². The van der Waals surface area contributed by atoms with Crippen LogP contribution in [0.4, 0.5) is 0 Å². The molecule has 0 bridgehead atoms. The fraction of sp³-hybridized carbons (Fsp3) is 0.846. The highest BCUT2D eigenvalue weighted by Crippen LogP contribution is 2.26. The van der Waals surface area contributed by atoms with Crippen molar-refractivity contribution in [1.29, 1.82) is 0 Å². The van der Waals surface area contributed by atoms with Gasteiger partial charge in [0.2, 0.25) is 0 Å². The molecule has 0 amide bonds. The van der Waals surface area contributed by atoms with E-state index in [9.17, 15) is 0 Å². The second kappa shape index (κ2) is 7.02. The molecule has 1 saturated heterocycles. The molecule has 1 aliphatic carbocycles. The molecule has 88 valence electrons. The van der Waals surface area contributed by atoms with Gasteiger partial charge in [-0.1, -0.05) is 32.4 Å². The first-order valence-corrected chi connectivity index (χ1v) is 6.37. The van der Waals surface area contributed by atoms with Crippen LogP contribution in [0.25, 0.3) is 0 Å². The second-order valence-electron chi connectivity index (χ2n) is 4.07. The predicted molar refractivity (Wildman–Crippen MR) is 65.1 cm³/mol. The molecule has 1 aliphatic heterocycles. The van der Waals surface area contributed by atoms with Crippen molar-refractivity contribution in [2.45, 2.75) is 45.6 Å². The Labute approximate surface area is 94.3 Å². The molecule has 0 radical (unpaired) electrons. The van der Waals surface area contributed by atoms with Crippen LogP contribution in [0.5, 0.6) is 0 Å². The SMILES string of the molecule is C=C1CCCCC1N1CCOCC1.CC. The molecule has 0 spiro atoms. The molecule has 0 N–H and O–H groups in total. The lowest BCUT2D eigenvalue weighted by Crippen LogP contribution is -2.45. The summed E-state index contributed by atoms with van der Waals surface area (Å²) in [4.78, 5) is 2.55. The minimum atomic E-state index is 0.664. The minimum Gasteiger partial charge on any atom is -0.379 e. The molecular formula is C13H25NO. The summed E-state index contributed by atoms with van der Waals surface area (Å²) in [6.45, 7) is 12.2. The Morgan fingerprint density at radius 3 is 2.47 bits per heavy atom. The number of morpholine rings is 1. The summed E-state index contributed by atoms with van der Waals surface area (Å²) < 4.78 is 5.35. The topological polar surface area (TPSA) is 12.5 Å². The lowest BCUT2D eigenvalue weighted by molar-refractivity contribution is 0.0192. The predicted octanol–water partition coefficient (Wildman–Crippen LogP) is 2.84. The summed E-state index contributed by atoms with van der Waals surface area (Å²) >= 11 is 0. The summed E-state index contributed by atoms with van der Waals surface area (Å²) in [5.74, 6) is 0. The van der Waals surface area contributed by atoms with E-state index in [2.05, 4.69) is 11.5 Å². The molecule has 1 atom stereocenters. The Balaban J connectivity index is 0.000000531. The van der Waals surface area contributed by atoms with Crippen molar-refractivity contribution in [3.05, 3.63) is 12.2 Å². The molecule has 1 unspecified atom stereocenters. The first kappa shape index (κ1) is 12.7. The van der Waals surface area contributed by atoms with Gasteiger partial charge in [0.25, 0.3) is 0 Å². The minimum absolute atomic E-state index is 0.664. The van der Waals surface area contributed by atoms with Crippen LogP contribution >= 0.6 is 0 Å². The van der Waals surface area contributed by atoms with Crippen molar-refractivity contribution < 1.29 is 4.74 Å². The van der Waals surface area contributed by atoms with Crippen LogP contribution in [0.2, 0.25) is 0 Å². The van der Waals surface area contributed by atoms with Crippen LogP contribution in [0.3, 0.4) is 0 Å². The van der Waals surface area contributed by atoms with Crippen molar-refractivity contribution in [3.63, 3.8) is 0 Å². The van der Waals surface area contributed by atoms with Crippen molar-refractivity contribution >= 4 is 0 Å². The van der Waals surface area contributed by atoms with Crippen LogP contribution in [0.1, 0.15) is 39.5 Å². The van der Waals surface area contributed by atoms with Gasteiger partial charge in [-0.3, -0.25) is 4.90 Å². The first-order chi connectivity index (χ1) is 7.38. The van der Waals surface area contributed by atoms with E-state index in [4.69, 9.17) is 4.74 Å². The highest BCUT2D eigenvalue weighted by Gasteiger charge is 2.24. The Morgan fingerprint density at radius 2 is 1.87 bits per heavy atom. The number of ether oxygens (including phenoxy) is 1. The zero-order chi connectivity index (χ0) is 11.1. The van der Waals surface area contributed by atoms with Crippen LogP contribution in [-0.2, 0) is 4.74 Å². The summed E-state index contributed by atoms with van der Waals surface area (Å²) in [7, 11) is 0. The summed E-state index contributed by atoms with van der Waals surface area (Å²) in [6, 6.07) is 0.664. The third-order valence-electron chi connectivity index (χ3n) is 3.18. The molecule has 15 heavy (non-hydrogen) atoms. The second-order valence-corrected chi connectivity index (χ2v) is 4.07. The third-order valence-corrected chi connectivity index (χ3v) is 3.18. The van der Waals surface area contributed by atoms with Gasteiger partial charge in [-0.2, -0.15) is 0 Å². The maximum absolute atomic E-state index is 5.35. The largest absolute Gasteiger partial charge is 0.379 e. The Morgan fingerprint density at radius 1 is 1.20 bits per heavy atom. The van der Waals surface area contributed by atoms with Gasteiger partial charge in [0.15, 0.2) is 0 Å². The Hall–Kier alpha value is -0.340. The van der Waals surface area contributed by atoms with E-state index < -0.39 is 0 Å². The van der Waals surface area contributed by atoms with E-state index in [1.54, 1.807) is 0 Å². The van der Waals surface area contributed by atoms with Gasteiger partial charge in [-0.25, -0.2) is 0 Å². The zero-order valence-corrected chi connectivity index (χ0v) is 10.3. The smallest absolute Gasteiger partial charge is 0.0594 e. The van der Waals surface area contributed by atoms with Gasteiger partial charge in [-0.05, 0) is 19.3 Å². The zero-order valence-electron chi connectivity index (χ0n) is 10.3. The van der Waals surface area contributed by atoms with E-state index in [1.807, 2.05) is 13.8 Å². The molecule has 2 aliphatic rings. The number of rotatable bonds is 1. The van der Waals surface area contributed by atoms with Gasteiger partial charge < -0.3 is 4.74 Å². The number of hydrogen-bond donors (Lipinski definition) is 0. The van der Waals surface area contributed by atoms with E-state index in [-0.39, 0.29) is 0 Å². The molecule has 1 saturated carbocycles. The van der Waals surface area contributed by atoms with Crippen molar-refractivity contribution in [1.82, 2.24) is 4.90 Å². The van der Waals surface area contributed by atoms with Gasteiger partial charge in [0.1, 0.15) is 0 Å². The van der Waals surface area contributed by atoms with Gasteiger partial charge >= 0.3 is 0 Å². The highest BCUT2D eigenvalue weighted by molar-refractivity contribution is 5.08. The van der Waals surface area contributed by atoms with Crippen LogP contribution in [-0.4, -0.2) is 37.2 Å². The average molecular weight is 211 g/mol. The van der Waals surface area contributed by atoms with Gasteiger partial charge in [0.05, 0.1) is 13.2 Å². The number of nitrogens with zero attached hydrogens (tertiary/aromatic N) is 1. The lowest BCUT2D eigenvalue weighted by Gasteiger charge is -2.37. The van der Waals surface area contributed by atoms with Crippen molar-refractivity contribution in [2.75, 3.05) is 26.3 Å². The molecule has 0 aromatic rings. The van der Waals surface area contributed by atoms with E-state index in [0.29, 0.717) is 6.04 Å². The molecule has 2 rings (SSSR count). The summed E-state index contributed by atoms with van der Waals surface area (Å²) in [5, 5.41) is 0.